The van der Waals surface area contributed by atoms with E-state index < -0.39 is 33.8 Å². The molecule has 2 aromatic rings. The van der Waals surface area contributed by atoms with Crippen LogP contribution in [0.5, 0.6) is 0 Å². The van der Waals surface area contributed by atoms with Gasteiger partial charge in [-0.25, -0.2) is 12.8 Å². The van der Waals surface area contributed by atoms with Gasteiger partial charge in [-0.15, -0.1) is 0 Å². The van der Waals surface area contributed by atoms with Crippen molar-refractivity contribution in [2.45, 2.75) is 24.9 Å². The molecule has 3 rings (SSSR count). The van der Waals surface area contributed by atoms with Gasteiger partial charge >= 0.3 is 0 Å². The summed E-state index contributed by atoms with van der Waals surface area (Å²) in [7, 11) is -4.22. The number of nitrogens with two attached hydrogens (primary N) is 1. The topological polar surface area (TPSA) is 139 Å². The standard InChI is InChI=1S/C18H22FN5O5S/c1-11-15(12(2)29-22-11)30(27,28)24-9-8-23(17(24)16(25)21-7-6-20)18(26)13-4-3-5-14(19)10-13/h3-5,10,17H,6-9,20H2,1-2H3,(H,21,25). The summed E-state index contributed by atoms with van der Waals surface area (Å²) in [5, 5.41) is 6.19. The highest BCUT2D eigenvalue weighted by molar-refractivity contribution is 7.89. The van der Waals surface area contributed by atoms with Crippen molar-refractivity contribution in [1.82, 2.24) is 19.7 Å². The first-order valence-corrected chi connectivity index (χ1v) is 10.6. The van der Waals surface area contributed by atoms with E-state index in [1.807, 2.05) is 0 Å². The van der Waals surface area contributed by atoms with Gasteiger partial charge in [-0.1, -0.05) is 11.2 Å². The molecule has 0 saturated carbocycles. The number of benzene rings is 1. The Morgan fingerprint density at radius 3 is 2.67 bits per heavy atom. The molecule has 3 N–H and O–H groups in total. The van der Waals surface area contributed by atoms with Crippen LogP contribution in [-0.2, 0) is 14.8 Å². The second-order valence-electron chi connectivity index (χ2n) is 6.73. The fourth-order valence-electron chi connectivity index (χ4n) is 3.38. The SMILES string of the molecule is Cc1noc(C)c1S(=O)(=O)N1CCN(C(=O)c2cccc(F)c2)C1C(=O)NCCN. The summed E-state index contributed by atoms with van der Waals surface area (Å²) in [6, 6.07) is 4.97. The Kier molecular flexibility index (Phi) is 6.19. The fraction of sp³-hybridized carbons (Fsp3) is 0.389. The van der Waals surface area contributed by atoms with Crippen LogP contribution in [0.2, 0.25) is 0 Å². The summed E-state index contributed by atoms with van der Waals surface area (Å²) in [5.41, 5.74) is 5.57. The van der Waals surface area contributed by atoms with Crippen LogP contribution < -0.4 is 11.1 Å². The van der Waals surface area contributed by atoms with Crippen molar-refractivity contribution < 1.29 is 26.9 Å². The number of amides is 2. The summed E-state index contributed by atoms with van der Waals surface area (Å²) >= 11 is 0. The number of nitrogens with one attached hydrogen (secondary N) is 1. The second-order valence-corrected chi connectivity index (χ2v) is 8.56. The maximum Gasteiger partial charge on any atom is 0.259 e. The van der Waals surface area contributed by atoms with E-state index in [1.165, 1.54) is 32.0 Å². The Bertz CT molecular complexity index is 1050. The molecule has 10 nitrogen and oxygen atoms in total. The number of rotatable bonds is 6. The van der Waals surface area contributed by atoms with Gasteiger partial charge in [0, 0.05) is 31.7 Å². The van der Waals surface area contributed by atoms with Gasteiger partial charge in [0.1, 0.15) is 16.4 Å². The van der Waals surface area contributed by atoms with Crippen molar-refractivity contribution in [1.29, 1.82) is 0 Å². The minimum Gasteiger partial charge on any atom is -0.360 e. The van der Waals surface area contributed by atoms with E-state index in [9.17, 15) is 22.4 Å². The first-order valence-electron chi connectivity index (χ1n) is 9.17. The van der Waals surface area contributed by atoms with Crippen LogP contribution in [0, 0.1) is 19.7 Å². The number of nitrogens with zero attached hydrogens (tertiary/aromatic N) is 3. The Balaban J connectivity index is 2.02. The molecule has 1 aromatic heterocycles. The zero-order valence-electron chi connectivity index (χ0n) is 16.5. The number of aryl methyl sites for hydroxylation is 2. The van der Waals surface area contributed by atoms with Crippen molar-refractivity contribution in [3.05, 3.63) is 47.1 Å². The first-order chi connectivity index (χ1) is 14.2. The maximum absolute atomic E-state index is 13.6. The lowest BCUT2D eigenvalue weighted by Gasteiger charge is -2.28. The second kappa shape index (κ2) is 8.50. The molecule has 2 amide bonds. The number of carbonyl (C=O) groups is 2. The monoisotopic (exact) mass is 439 g/mol. The highest BCUT2D eigenvalue weighted by Gasteiger charge is 2.48. The molecule has 1 aliphatic rings. The Hall–Kier alpha value is -2.83. The molecule has 0 radical (unpaired) electrons. The summed E-state index contributed by atoms with van der Waals surface area (Å²) < 4.78 is 46.1. The molecular formula is C18H22FN5O5S. The van der Waals surface area contributed by atoms with Crippen LogP contribution >= 0.6 is 0 Å². The number of aromatic nitrogens is 1. The molecule has 0 bridgehead atoms. The van der Waals surface area contributed by atoms with Gasteiger partial charge in [-0.05, 0) is 32.0 Å². The van der Waals surface area contributed by atoms with E-state index in [0.717, 1.165) is 15.3 Å². The molecule has 1 unspecified atom stereocenters. The zero-order valence-corrected chi connectivity index (χ0v) is 17.3. The van der Waals surface area contributed by atoms with Gasteiger partial charge in [0.05, 0.1) is 0 Å². The van der Waals surface area contributed by atoms with Crippen molar-refractivity contribution in [2.24, 2.45) is 5.73 Å². The lowest BCUT2D eigenvalue weighted by atomic mass is 10.2. The Morgan fingerprint density at radius 2 is 2.07 bits per heavy atom. The summed E-state index contributed by atoms with van der Waals surface area (Å²) in [5.74, 6) is -1.93. The van der Waals surface area contributed by atoms with Gasteiger partial charge < -0.3 is 20.5 Å². The highest BCUT2D eigenvalue weighted by Crippen LogP contribution is 2.29. The summed E-state index contributed by atoms with van der Waals surface area (Å²) in [6.45, 7) is 2.96. The van der Waals surface area contributed by atoms with Crippen molar-refractivity contribution >= 4 is 21.8 Å². The van der Waals surface area contributed by atoms with Crippen molar-refractivity contribution in [2.75, 3.05) is 26.2 Å². The van der Waals surface area contributed by atoms with Gasteiger partial charge in [-0.3, -0.25) is 9.59 Å². The Morgan fingerprint density at radius 1 is 1.33 bits per heavy atom. The molecule has 0 spiro atoms. The van der Waals surface area contributed by atoms with Gasteiger partial charge in [-0.2, -0.15) is 4.31 Å². The van der Waals surface area contributed by atoms with E-state index in [-0.39, 0.29) is 48.1 Å². The fourth-order valence-corrected chi connectivity index (χ4v) is 5.22. The third-order valence-corrected chi connectivity index (χ3v) is 6.77. The average molecular weight is 439 g/mol. The van der Waals surface area contributed by atoms with Crippen LogP contribution in [-0.4, -0.2) is 66.9 Å². The molecule has 1 aliphatic heterocycles. The summed E-state index contributed by atoms with van der Waals surface area (Å²) in [6.07, 6.45) is -1.47. The maximum atomic E-state index is 13.6. The molecule has 1 aromatic carbocycles. The Labute approximate surface area is 172 Å². The van der Waals surface area contributed by atoms with Crippen LogP contribution in [0.25, 0.3) is 0 Å². The van der Waals surface area contributed by atoms with Gasteiger partial charge in [0.25, 0.3) is 21.8 Å². The molecule has 162 valence electrons. The normalized spacial score (nSPS) is 17.3. The predicted molar refractivity (Wildman–Crippen MR) is 103 cm³/mol. The van der Waals surface area contributed by atoms with E-state index in [4.69, 9.17) is 10.3 Å². The van der Waals surface area contributed by atoms with Crippen LogP contribution in [0.1, 0.15) is 21.8 Å². The van der Waals surface area contributed by atoms with E-state index in [0.29, 0.717) is 0 Å². The minimum absolute atomic E-state index is 0.00297. The number of carbonyl (C=O) groups excluding carboxylic acids is 2. The third kappa shape index (κ3) is 3.93. The number of hydrogen-bond donors (Lipinski definition) is 2. The van der Waals surface area contributed by atoms with E-state index in [1.54, 1.807) is 0 Å². The summed E-state index contributed by atoms with van der Waals surface area (Å²) in [4.78, 5) is 26.8. The number of hydrogen-bond acceptors (Lipinski definition) is 7. The molecule has 30 heavy (non-hydrogen) atoms. The molecule has 1 atom stereocenters. The highest BCUT2D eigenvalue weighted by atomic mass is 32.2. The molecule has 0 aliphatic carbocycles. The minimum atomic E-state index is -4.22. The van der Waals surface area contributed by atoms with Crippen molar-refractivity contribution in [3.63, 3.8) is 0 Å². The molecular weight excluding hydrogens is 417 g/mol. The zero-order chi connectivity index (χ0) is 22.1. The lowest BCUT2D eigenvalue weighted by molar-refractivity contribution is -0.127. The van der Waals surface area contributed by atoms with Crippen LogP contribution in [0.3, 0.4) is 0 Å². The number of halogens is 1. The molecule has 1 fully saturated rings. The molecule has 12 heteroatoms. The first kappa shape index (κ1) is 21.9. The van der Waals surface area contributed by atoms with E-state index >= 15 is 0 Å². The smallest absolute Gasteiger partial charge is 0.259 e. The van der Waals surface area contributed by atoms with E-state index in [2.05, 4.69) is 10.5 Å². The third-order valence-electron chi connectivity index (χ3n) is 4.67. The lowest BCUT2D eigenvalue weighted by Crippen LogP contribution is -2.54. The molecule has 1 saturated heterocycles. The quantitative estimate of drug-likeness (QED) is 0.645. The van der Waals surface area contributed by atoms with Crippen LogP contribution in [0.4, 0.5) is 4.39 Å². The largest absolute Gasteiger partial charge is 0.360 e. The average Bonchev–Trinajstić information content (AvgIpc) is 3.29. The molecule has 2 heterocycles. The number of sulfonamides is 1. The predicted octanol–water partition coefficient (Wildman–Crippen LogP) is -0.0218. The van der Waals surface area contributed by atoms with Gasteiger partial charge in [0.15, 0.2) is 11.9 Å². The van der Waals surface area contributed by atoms with Crippen LogP contribution in [0.15, 0.2) is 33.7 Å². The van der Waals surface area contributed by atoms with Crippen molar-refractivity contribution in [3.8, 4) is 0 Å². The van der Waals surface area contributed by atoms with Gasteiger partial charge in [0.2, 0.25) is 0 Å².